The van der Waals surface area contributed by atoms with Gasteiger partial charge in [0.25, 0.3) is 0 Å². The van der Waals surface area contributed by atoms with Crippen molar-refractivity contribution in [3.63, 3.8) is 0 Å². The van der Waals surface area contributed by atoms with Crippen molar-refractivity contribution >= 4 is 23.4 Å². The fourth-order valence-corrected chi connectivity index (χ4v) is 3.42. The Morgan fingerprint density at radius 3 is 2.59 bits per heavy atom. The van der Waals surface area contributed by atoms with Gasteiger partial charge in [-0.25, -0.2) is 0 Å². The molecule has 0 saturated carbocycles. The Bertz CT molecular complexity index is 851. The van der Waals surface area contributed by atoms with E-state index in [1.54, 1.807) is 17.9 Å². The maximum atomic E-state index is 13.3. The van der Waals surface area contributed by atoms with Crippen LogP contribution >= 0.6 is 11.6 Å². The number of rotatable bonds is 9. The average Bonchev–Trinajstić information content (AvgIpc) is 2.68. The molecule has 0 spiro atoms. The topological polar surface area (TPSA) is 49.4 Å². The first-order chi connectivity index (χ1) is 13.8. The number of carbonyl (C=O) groups is 2. The molecule has 0 fully saturated rings. The van der Waals surface area contributed by atoms with E-state index >= 15 is 0 Å². The Morgan fingerprint density at radius 2 is 1.90 bits per heavy atom. The molecule has 4 nitrogen and oxygen atoms in total. The molecule has 0 aromatic heterocycles. The second-order valence-corrected chi connectivity index (χ2v) is 8.02. The van der Waals surface area contributed by atoms with Crippen LogP contribution in [0.3, 0.4) is 0 Å². The number of unbranched alkanes of at least 4 members (excludes halogenated alkanes) is 1. The smallest absolute Gasteiger partial charge is 0.242 e. The highest BCUT2D eigenvalue weighted by Gasteiger charge is 2.26. The normalized spacial score (nSPS) is 11.8. The van der Waals surface area contributed by atoms with Crippen LogP contribution in [0.2, 0.25) is 5.02 Å². The predicted molar refractivity (Wildman–Crippen MR) is 119 cm³/mol. The summed E-state index contributed by atoms with van der Waals surface area (Å²) in [5.74, 6) is -0.202. The largest absolute Gasteiger partial charge is 0.354 e. The Labute approximate surface area is 179 Å². The van der Waals surface area contributed by atoms with Crippen molar-refractivity contribution in [3.05, 3.63) is 69.7 Å². The molecule has 0 aliphatic heterocycles. The molecular formula is C24H31ClN2O2. The van der Waals surface area contributed by atoms with Crippen LogP contribution in [0.5, 0.6) is 0 Å². The lowest BCUT2D eigenvalue weighted by molar-refractivity contribution is -0.140. The van der Waals surface area contributed by atoms with Crippen LogP contribution in [0.25, 0.3) is 0 Å². The van der Waals surface area contributed by atoms with Gasteiger partial charge in [-0.2, -0.15) is 0 Å². The van der Waals surface area contributed by atoms with E-state index in [4.69, 9.17) is 11.6 Å². The van der Waals surface area contributed by atoms with Crippen LogP contribution in [0.1, 0.15) is 48.9 Å². The van der Waals surface area contributed by atoms with Crippen molar-refractivity contribution in [1.82, 2.24) is 10.2 Å². The number of benzene rings is 2. The van der Waals surface area contributed by atoms with Gasteiger partial charge in [-0.05, 0) is 56.0 Å². The number of nitrogens with one attached hydrogen (secondary N) is 1. The maximum absolute atomic E-state index is 13.3. The molecule has 156 valence electrons. The molecule has 1 atom stereocenters. The van der Waals surface area contributed by atoms with Gasteiger partial charge in [-0.15, -0.1) is 0 Å². The lowest BCUT2D eigenvalue weighted by Crippen LogP contribution is -2.48. The molecule has 29 heavy (non-hydrogen) atoms. The molecule has 0 radical (unpaired) electrons. The summed E-state index contributed by atoms with van der Waals surface area (Å²) in [6.07, 6.45) is 2.19. The van der Waals surface area contributed by atoms with Gasteiger partial charge in [-0.1, -0.05) is 60.8 Å². The second kappa shape index (κ2) is 11.0. The standard InChI is InChI=1S/C24H31ClN2O2/c1-5-6-12-26-24(29)19(4)27(16-20-8-7-9-22(25)14-20)23(28)15-21-13-17(2)10-11-18(21)3/h7-11,13-14,19H,5-6,12,15-16H2,1-4H3,(H,26,29). The molecule has 0 aliphatic rings. The van der Waals surface area contributed by atoms with Gasteiger partial charge in [0.05, 0.1) is 6.42 Å². The fourth-order valence-electron chi connectivity index (χ4n) is 3.21. The fraction of sp³-hybridized carbons (Fsp3) is 0.417. The number of halogens is 1. The summed E-state index contributed by atoms with van der Waals surface area (Å²) < 4.78 is 0. The van der Waals surface area contributed by atoms with Crippen molar-refractivity contribution in [3.8, 4) is 0 Å². The summed E-state index contributed by atoms with van der Waals surface area (Å²) in [6.45, 7) is 8.84. The number of hydrogen-bond acceptors (Lipinski definition) is 2. The van der Waals surface area contributed by atoms with E-state index in [0.29, 0.717) is 18.1 Å². The molecule has 0 saturated heterocycles. The summed E-state index contributed by atoms with van der Waals surface area (Å²) in [6, 6.07) is 13.0. The van der Waals surface area contributed by atoms with Crippen molar-refractivity contribution in [2.24, 2.45) is 0 Å². The van der Waals surface area contributed by atoms with E-state index in [-0.39, 0.29) is 18.2 Å². The highest BCUT2D eigenvalue weighted by molar-refractivity contribution is 6.30. The van der Waals surface area contributed by atoms with Gasteiger partial charge < -0.3 is 10.2 Å². The van der Waals surface area contributed by atoms with Gasteiger partial charge in [0.1, 0.15) is 6.04 Å². The first-order valence-electron chi connectivity index (χ1n) is 10.2. The SMILES string of the molecule is CCCCNC(=O)C(C)N(Cc1cccc(Cl)c1)C(=O)Cc1cc(C)ccc1C. The van der Waals surface area contributed by atoms with Crippen molar-refractivity contribution in [1.29, 1.82) is 0 Å². The second-order valence-electron chi connectivity index (χ2n) is 7.58. The number of carbonyl (C=O) groups excluding carboxylic acids is 2. The molecular weight excluding hydrogens is 384 g/mol. The zero-order valence-electron chi connectivity index (χ0n) is 17.8. The van der Waals surface area contributed by atoms with Gasteiger partial charge in [0.2, 0.25) is 11.8 Å². The Kier molecular flexibility index (Phi) is 8.71. The van der Waals surface area contributed by atoms with Crippen LogP contribution < -0.4 is 5.32 Å². The van der Waals surface area contributed by atoms with Crippen molar-refractivity contribution in [2.75, 3.05) is 6.54 Å². The summed E-state index contributed by atoms with van der Waals surface area (Å²) in [5.41, 5.74) is 4.08. The minimum Gasteiger partial charge on any atom is -0.354 e. The maximum Gasteiger partial charge on any atom is 0.242 e. The molecule has 2 rings (SSSR count). The average molecular weight is 415 g/mol. The van der Waals surface area contributed by atoms with E-state index in [0.717, 1.165) is 35.1 Å². The van der Waals surface area contributed by atoms with Crippen LogP contribution in [-0.4, -0.2) is 29.3 Å². The zero-order valence-corrected chi connectivity index (χ0v) is 18.6. The highest BCUT2D eigenvalue weighted by atomic mass is 35.5. The van der Waals surface area contributed by atoms with E-state index in [9.17, 15) is 9.59 Å². The van der Waals surface area contributed by atoms with E-state index in [1.807, 2.05) is 50.2 Å². The summed E-state index contributed by atoms with van der Waals surface area (Å²) >= 11 is 6.12. The van der Waals surface area contributed by atoms with Crippen LogP contribution in [0.4, 0.5) is 0 Å². The van der Waals surface area contributed by atoms with Crippen LogP contribution in [0.15, 0.2) is 42.5 Å². The van der Waals surface area contributed by atoms with E-state index < -0.39 is 6.04 Å². The number of hydrogen-bond donors (Lipinski definition) is 1. The Balaban J connectivity index is 2.23. The summed E-state index contributed by atoms with van der Waals surface area (Å²) in [7, 11) is 0. The molecule has 0 aliphatic carbocycles. The Morgan fingerprint density at radius 1 is 1.14 bits per heavy atom. The number of nitrogens with zero attached hydrogens (tertiary/aromatic N) is 1. The monoisotopic (exact) mass is 414 g/mol. The highest BCUT2D eigenvalue weighted by Crippen LogP contribution is 2.18. The summed E-state index contributed by atoms with van der Waals surface area (Å²) in [5, 5.41) is 3.56. The molecule has 0 heterocycles. The molecule has 2 aromatic carbocycles. The number of amides is 2. The molecule has 0 bridgehead atoms. The van der Waals surface area contributed by atoms with Crippen molar-refractivity contribution in [2.45, 2.75) is 59.5 Å². The van der Waals surface area contributed by atoms with Gasteiger partial charge in [-0.3, -0.25) is 9.59 Å². The first kappa shape index (κ1) is 23.0. The third-order valence-corrected chi connectivity index (χ3v) is 5.32. The van der Waals surface area contributed by atoms with Gasteiger partial charge >= 0.3 is 0 Å². The van der Waals surface area contributed by atoms with E-state index in [1.165, 1.54) is 0 Å². The predicted octanol–water partition coefficient (Wildman–Crippen LogP) is 4.83. The summed E-state index contributed by atoms with van der Waals surface area (Å²) in [4.78, 5) is 27.6. The molecule has 1 unspecified atom stereocenters. The van der Waals surface area contributed by atoms with Gasteiger partial charge in [0, 0.05) is 18.1 Å². The minimum absolute atomic E-state index is 0.0724. The molecule has 2 amide bonds. The molecule has 1 N–H and O–H groups in total. The number of aryl methyl sites for hydroxylation is 2. The minimum atomic E-state index is -0.566. The zero-order chi connectivity index (χ0) is 21.4. The third kappa shape index (κ3) is 6.90. The van der Waals surface area contributed by atoms with Crippen molar-refractivity contribution < 1.29 is 9.59 Å². The third-order valence-electron chi connectivity index (χ3n) is 5.09. The molecule has 5 heteroatoms. The lowest BCUT2D eigenvalue weighted by atomic mass is 10.0. The van der Waals surface area contributed by atoms with Crippen LogP contribution in [0, 0.1) is 13.8 Å². The quantitative estimate of drug-likeness (QED) is 0.597. The molecule has 2 aromatic rings. The Hall–Kier alpha value is -2.33. The van der Waals surface area contributed by atoms with Crippen LogP contribution in [-0.2, 0) is 22.6 Å². The lowest BCUT2D eigenvalue weighted by Gasteiger charge is -2.29. The van der Waals surface area contributed by atoms with Gasteiger partial charge in [0.15, 0.2) is 0 Å². The van der Waals surface area contributed by atoms with E-state index in [2.05, 4.69) is 12.2 Å². The first-order valence-corrected chi connectivity index (χ1v) is 10.6.